The van der Waals surface area contributed by atoms with Crippen molar-refractivity contribution in [2.45, 2.75) is 13.8 Å². The summed E-state index contributed by atoms with van der Waals surface area (Å²) in [5.74, 6) is 0. The van der Waals surface area contributed by atoms with E-state index in [1.165, 1.54) is 21.9 Å². The van der Waals surface area contributed by atoms with Gasteiger partial charge in [-0.25, -0.2) is 0 Å². The number of aryl methyl sites for hydroxylation is 2. The standard InChI is InChI=1S/C32H22N2O/c1-19-9-11-21-15-29(33-17-23(21)13-19)27-7-3-5-25-26-6-4-8-28(32(26)35-31(25)27)30-16-22-12-10-20(2)14-24(22)18-34-30/h3-18H,1-2H3. The summed E-state index contributed by atoms with van der Waals surface area (Å²) < 4.78 is 6.61. The van der Waals surface area contributed by atoms with Crippen LogP contribution in [0, 0.1) is 13.8 Å². The van der Waals surface area contributed by atoms with Gasteiger partial charge in [0.25, 0.3) is 0 Å². The molecule has 0 atom stereocenters. The van der Waals surface area contributed by atoms with Crippen LogP contribution >= 0.6 is 0 Å². The number of benzene rings is 4. The maximum atomic E-state index is 6.61. The number of rotatable bonds is 2. The minimum Gasteiger partial charge on any atom is -0.455 e. The van der Waals surface area contributed by atoms with Gasteiger partial charge in [0.1, 0.15) is 11.2 Å². The highest BCUT2D eigenvalue weighted by Crippen LogP contribution is 2.39. The van der Waals surface area contributed by atoms with E-state index in [-0.39, 0.29) is 0 Å². The van der Waals surface area contributed by atoms with Gasteiger partial charge in [-0.1, -0.05) is 59.7 Å². The van der Waals surface area contributed by atoms with E-state index in [1.807, 2.05) is 12.4 Å². The predicted octanol–water partition coefficient (Wildman–Crippen LogP) is 8.63. The third-order valence-corrected chi connectivity index (χ3v) is 6.83. The lowest BCUT2D eigenvalue weighted by Crippen LogP contribution is -1.85. The zero-order chi connectivity index (χ0) is 23.5. The van der Waals surface area contributed by atoms with Gasteiger partial charge in [0, 0.05) is 45.1 Å². The molecule has 0 saturated heterocycles. The Morgan fingerprint density at radius 2 is 1.00 bits per heavy atom. The van der Waals surface area contributed by atoms with Gasteiger partial charge in [-0.05, 0) is 61.0 Å². The van der Waals surface area contributed by atoms with E-state index in [0.717, 1.165) is 55.2 Å². The van der Waals surface area contributed by atoms with E-state index >= 15 is 0 Å². The van der Waals surface area contributed by atoms with Gasteiger partial charge >= 0.3 is 0 Å². The number of furan rings is 1. The Bertz CT molecular complexity index is 1790. The molecule has 0 amide bonds. The molecule has 0 saturated carbocycles. The lowest BCUT2D eigenvalue weighted by molar-refractivity contribution is 0.670. The van der Waals surface area contributed by atoms with Gasteiger partial charge in [-0.3, -0.25) is 9.97 Å². The Morgan fingerprint density at radius 3 is 1.49 bits per heavy atom. The summed E-state index contributed by atoms with van der Waals surface area (Å²) in [6, 6.07) is 29.8. The van der Waals surface area contributed by atoms with Crippen LogP contribution < -0.4 is 0 Å². The molecule has 0 aliphatic heterocycles. The van der Waals surface area contributed by atoms with E-state index < -0.39 is 0 Å². The Balaban J connectivity index is 1.44. The Hall–Kier alpha value is -4.50. The quantitative estimate of drug-likeness (QED) is 0.265. The molecule has 3 heteroatoms. The van der Waals surface area contributed by atoms with Crippen LogP contribution in [0.5, 0.6) is 0 Å². The molecule has 0 aliphatic rings. The monoisotopic (exact) mass is 450 g/mol. The molecular formula is C32H22N2O. The fourth-order valence-electron chi connectivity index (χ4n) is 5.04. The SMILES string of the molecule is Cc1ccc2cc(-c3cccc4c3oc3c(-c5cc6ccc(C)cc6cn5)cccc34)ncc2c1. The van der Waals surface area contributed by atoms with Crippen molar-refractivity contribution in [1.29, 1.82) is 0 Å². The van der Waals surface area contributed by atoms with Crippen molar-refractivity contribution in [3.8, 4) is 22.5 Å². The molecular weight excluding hydrogens is 428 g/mol. The summed E-state index contributed by atoms with van der Waals surface area (Å²) >= 11 is 0. The van der Waals surface area contributed by atoms with Crippen molar-refractivity contribution in [1.82, 2.24) is 9.97 Å². The summed E-state index contributed by atoms with van der Waals surface area (Å²) in [5.41, 5.74) is 7.98. The second kappa shape index (κ2) is 7.51. The first-order chi connectivity index (χ1) is 17.1. The van der Waals surface area contributed by atoms with Crippen molar-refractivity contribution < 1.29 is 4.42 Å². The second-order valence-electron chi connectivity index (χ2n) is 9.31. The molecule has 7 rings (SSSR count). The zero-order valence-electron chi connectivity index (χ0n) is 19.5. The van der Waals surface area contributed by atoms with E-state index in [0.29, 0.717) is 0 Å². The molecule has 0 radical (unpaired) electrons. The second-order valence-corrected chi connectivity index (χ2v) is 9.31. The van der Waals surface area contributed by atoms with Crippen LogP contribution in [-0.2, 0) is 0 Å². The molecule has 3 aromatic heterocycles. The van der Waals surface area contributed by atoms with Crippen LogP contribution in [0.2, 0.25) is 0 Å². The summed E-state index contributed by atoms with van der Waals surface area (Å²) in [4.78, 5) is 9.58. The van der Waals surface area contributed by atoms with Crippen molar-refractivity contribution in [2.75, 3.05) is 0 Å². The molecule has 35 heavy (non-hydrogen) atoms. The van der Waals surface area contributed by atoms with Crippen LogP contribution in [0.1, 0.15) is 11.1 Å². The molecule has 0 aliphatic carbocycles. The largest absolute Gasteiger partial charge is 0.455 e. The maximum absolute atomic E-state index is 6.61. The molecule has 3 nitrogen and oxygen atoms in total. The van der Waals surface area contributed by atoms with Crippen LogP contribution in [0.25, 0.3) is 66.0 Å². The maximum Gasteiger partial charge on any atom is 0.144 e. The van der Waals surface area contributed by atoms with Gasteiger partial charge in [0.05, 0.1) is 11.4 Å². The van der Waals surface area contributed by atoms with Gasteiger partial charge in [-0.2, -0.15) is 0 Å². The molecule has 0 unspecified atom stereocenters. The average Bonchev–Trinajstić information content (AvgIpc) is 3.27. The van der Waals surface area contributed by atoms with Gasteiger partial charge < -0.3 is 4.42 Å². The number of hydrogen-bond donors (Lipinski definition) is 0. The lowest BCUT2D eigenvalue weighted by Gasteiger charge is -2.05. The lowest BCUT2D eigenvalue weighted by atomic mass is 10.0. The third-order valence-electron chi connectivity index (χ3n) is 6.83. The topological polar surface area (TPSA) is 38.9 Å². The number of fused-ring (bicyclic) bond motifs is 5. The highest BCUT2D eigenvalue weighted by Gasteiger charge is 2.17. The van der Waals surface area contributed by atoms with E-state index in [1.54, 1.807) is 0 Å². The van der Waals surface area contributed by atoms with Crippen molar-refractivity contribution in [2.24, 2.45) is 0 Å². The summed E-state index contributed by atoms with van der Waals surface area (Å²) in [7, 11) is 0. The zero-order valence-corrected chi connectivity index (χ0v) is 19.5. The molecule has 0 N–H and O–H groups in total. The predicted molar refractivity (Wildman–Crippen MR) is 145 cm³/mol. The van der Waals surface area contributed by atoms with E-state index in [9.17, 15) is 0 Å². The Morgan fingerprint density at radius 1 is 0.514 bits per heavy atom. The summed E-state index contributed by atoms with van der Waals surface area (Å²) in [6.45, 7) is 4.21. The molecule has 4 aromatic carbocycles. The smallest absolute Gasteiger partial charge is 0.144 e. The minimum absolute atomic E-state index is 0.852. The molecule has 166 valence electrons. The highest BCUT2D eigenvalue weighted by molar-refractivity contribution is 6.13. The highest BCUT2D eigenvalue weighted by atomic mass is 16.3. The van der Waals surface area contributed by atoms with Crippen molar-refractivity contribution in [3.05, 3.63) is 108 Å². The van der Waals surface area contributed by atoms with Crippen LogP contribution in [0.4, 0.5) is 0 Å². The Kier molecular flexibility index (Phi) is 4.27. The minimum atomic E-state index is 0.852. The van der Waals surface area contributed by atoms with Gasteiger partial charge in [-0.15, -0.1) is 0 Å². The van der Waals surface area contributed by atoms with E-state index in [2.05, 4.69) is 98.8 Å². The molecule has 0 spiro atoms. The number of pyridine rings is 2. The van der Waals surface area contributed by atoms with Crippen molar-refractivity contribution in [3.63, 3.8) is 0 Å². The third kappa shape index (κ3) is 3.20. The fourth-order valence-corrected chi connectivity index (χ4v) is 5.04. The number of para-hydroxylation sites is 2. The number of nitrogens with zero attached hydrogens (tertiary/aromatic N) is 2. The molecule has 0 bridgehead atoms. The van der Waals surface area contributed by atoms with Gasteiger partial charge in [0.15, 0.2) is 0 Å². The summed E-state index contributed by atoms with van der Waals surface area (Å²) in [6.07, 6.45) is 3.90. The van der Waals surface area contributed by atoms with Crippen LogP contribution in [0.3, 0.4) is 0 Å². The first kappa shape index (κ1) is 19.9. The molecule has 7 aromatic rings. The van der Waals surface area contributed by atoms with Crippen LogP contribution in [0.15, 0.2) is 102 Å². The molecule has 3 heterocycles. The summed E-state index contributed by atoms with van der Waals surface area (Å²) in [5, 5.41) is 6.80. The first-order valence-corrected chi connectivity index (χ1v) is 11.8. The average molecular weight is 451 g/mol. The van der Waals surface area contributed by atoms with E-state index in [4.69, 9.17) is 14.4 Å². The van der Waals surface area contributed by atoms with Crippen molar-refractivity contribution >= 4 is 43.5 Å². The van der Waals surface area contributed by atoms with Crippen LogP contribution in [-0.4, -0.2) is 9.97 Å². The fraction of sp³-hybridized carbons (Fsp3) is 0.0625. The number of hydrogen-bond acceptors (Lipinski definition) is 3. The number of aromatic nitrogens is 2. The normalized spacial score (nSPS) is 11.7. The Labute approximate surface area is 202 Å². The first-order valence-electron chi connectivity index (χ1n) is 11.8. The molecule has 0 fully saturated rings. The van der Waals surface area contributed by atoms with Gasteiger partial charge in [0.2, 0.25) is 0 Å².